The first-order valence-electron chi connectivity index (χ1n) is 10.4. The molecule has 156 valence electrons. The molecule has 4 aliphatic rings. The lowest BCUT2D eigenvalue weighted by atomic mass is 9.46. The Labute approximate surface area is 168 Å². The van der Waals surface area contributed by atoms with Crippen LogP contribution in [-0.2, 0) is 19.1 Å². The van der Waals surface area contributed by atoms with Crippen LogP contribution in [0.25, 0.3) is 0 Å². The molecule has 4 rings (SSSR count). The lowest BCUT2D eigenvalue weighted by molar-refractivity contribution is -0.182. The van der Waals surface area contributed by atoms with E-state index in [4.69, 9.17) is 9.47 Å². The van der Waals surface area contributed by atoms with Gasteiger partial charge in [-0.25, -0.2) is 0 Å². The fourth-order valence-corrected chi connectivity index (χ4v) is 5.93. The fourth-order valence-electron chi connectivity index (χ4n) is 5.93. The number of ether oxygens (including phenoxy) is 2. The number of aliphatic hydroxyl groups is 1. The molecule has 2 heterocycles. The molecule has 2 saturated carbocycles. The van der Waals surface area contributed by atoms with Gasteiger partial charge in [0.2, 0.25) is 0 Å². The largest absolute Gasteiger partial charge is 0.461 e. The van der Waals surface area contributed by atoms with Crippen molar-refractivity contribution in [3.63, 3.8) is 0 Å². The van der Waals surface area contributed by atoms with Crippen molar-refractivity contribution >= 4 is 11.9 Å². The van der Waals surface area contributed by atoms with Crippen LogP contribution in [0.4, 0.5) is 0 Å². The van der Waals surface area contributed by atoms with Crippen LogP contribution in [0.1, 0.15) is 66.2 Å². The summed E-state index contributed by atoms with van der Waals surface area (Å²) in [5.41, 5.74) is 1.80. The molecule has 0 amide bonds. The maximum atomic E-state index is 12.3. The summed E-state index contributed by atoms with van der Waals surface area (Å²) in [6.45, 7) is 13.0. The number of esters is 2. The zero-order valence-electron chi connectivity index (χ0n) is 17.6. The first-order chi connectivity index (χ1) is 13.1. The summed E-state index contributed by atoms with van der Waals surface area (Å²) in [7, 11) is 0. The van der Waals surface area contributed by atoms with E-state index in [1.807, 2.05) is 13.0 Å². The molecule has 2 aliphatic heterocycles. The molecule has 0 aromatic carbocycles. The van der Waals surface area contributed by atoms with Gasteiger partial charge in [0.05, 0.1) is 6.10 Å². The molecular weight excluding hydrogens is 356 g/mol. The lowest BCUT2D eigenvalue weighted by Gasteiger charge is -2.60. The van der Waals surface area contributed by atoms with Crippen LogP contribution in [0.3, 0.4) is 0 Å². The molecule has 5 heteroatoms. The van der Waals surface area contributed by atoms with Crippen LogP contribution in [0.5, 0.6) is 0 Å². The van der Waals surface area contributed by atoms with Crippen molar-refractivity contribution in [1.82, 2.24) is 0 Å². The number of carbonyl (C=O) groups is 2. The van der Waals surface area contributed by atoms with Gasteiger partial charge in [-0.05, 0) is 67.9 Å². The van der Waals surface area contributed by atoms with Crippen LogP contribution >= 0.6 is 0 Å². The van der Waals surface area contributed by atoms with Gasteiger partial charge in [-0.2, -0.15) is 0 Å². The van der Waals surface area contributed by atoms with E-state index in [9.17, 15) is 14.7 Å². The topological polar surface area (TPSA) is 72.8 Å². The predicted molar refractivity (Wildman–Crippen MR) is 106 cm³/mol. The van der Waals surface area contributed by atoms with E-state index in [1.165, 1.54) is 0 Å². The highest BCUT2D eigenvalue weighted by Gasteiger charge is 2.58. The average molecular weight is 391 g/mol. The molecular formula is C23H34O5. The smallest absolute Gasteiger partial charge is 0.317 e. The Morgan fingerprint density at radius 1 is 1.18 bits per heavy atom. The van der Waals surface area contributed by atoms with E-state index in [1.54, 1.807) is 0 Å². The van der Waals surface area contributed by atoms with E-state index >= 15 is 0 Å². The van der Waals surface area contributed by atoms with Gasteiger partial charge in [-0.15, -0.1) is 0 Å². The molecule has 0 aromatic rings. The number of carbonyl (C=O) groups excluding carboxylic acids is 2. The Hall–Kier alpha value is -1.62. The molecule has 0 spiro atoms. The van der Waals surface area contributed by atoms with Gasteiger partial charge in [0, 0.05) is 5.41 Å². The molecule has 4 bridgehead atoms. The standard InChI is InChI=1S/C23H34O5/c1-14-6-7-16-15(2)17(24)12-18-22(3,4)19(8-10-23(16,18)5)28-21(26)13-20(25)27-11-9-14/h9,16-19,24H,2,6-8,10-13H2,1,3-5H3/b14-9+/t16-,17+,18-,19+,23-/m1/s1. The van der Waals surface area contributed by atoms with Crippen LogP contribution < -0.4 is 0 Å². The molecule has 0 unspecified atom stereocenters. The Morgan fingerprint density at radius 3 is 2.61 bits per heavy atom. The maximum absolute atomic E-state index is 12.3. The Morgan fingerprint density at radius 2 is 1.89 bits per heavy atom. The summed E-state index contributed by atoms with van der Waals surface area (Å²) < 4.78 is 10.9. The number of rotatable bonds is 0. The van der Waals surface area contributed by atoms with Gasteiger partial charge >= 0.3 is 11.9 Å². The van der Waals surface area contributed by atoms with Gasteiger partial charge in [0.15, 0.2) is 0 Å². The molecule has 2 fully saturated rings. The van der Waals surface area contributed by atoms with E-state index in [2.05, 4.69) is 27.4 Å². The summed E-state index contributed by atoms with van der Waals surface area (Å²) in [5, 5.41) is 10.8. The fraction of sp³-hybridized carbons (Fsp3) is 0.739. The highest BCUT2D eigenvalue weighted by atomic mass is 16.6. The van der Waals surface area contributed by atoms with Crippen molar-refractivity contribution in [3.05, 3.63) is 23.8 Å². The molecule has 5 nitrogen and oxygen atoms in total. The zero-order valence-corrected chi connectivity index (χ0v) is 17.6. The third kappa shape index (κ3) is 3.78. The van der Waals surface area contributed by atoms with E-state index < -0.39 is 18.0 Å². The lowest BCUT2D eigenvalue weighted by Crippen LogP contribution is -2.58. The molecule has 0 aromatic heterocycles. The van der Waals surface area contributed by atoms with Gasteiger partial charge in [0.1, 0.15) is 19.1 Å². The van der Waals surface area contributed by atoms with E-state index in [-0.39, 0.29) is 41.8 Å². The second kappa shape index (κ2) is 7.66. The second-order valence-corrected chi connectivity index (χ2v) is 9.72. The third-order valence-corrected chi connectivity index (χ3v) is 7.67. The van der Waals surface area contributed by atoms with Gasteiger partial charge in [-0.3, -0.25) is 9.59 Å². The van der Waals surface area contributed by atoms with Crippen molar-refractivity contribution in [2.75, 3.05) is 6.61 Å². The monoisotopic (exact) mass is 390 g/mol. The maximum Gasteiger partial charge on any atom is 0.317 e. The number of aliphatic hydroxyl groups excluding tert-OH is 1. The predicted octanol–water partition coefficient (Wildman–Crippen LogP) is 3.95. The van der Waals surface area contributed by atoms with Gasteiger partial charge in [-0.1, -0.05) is 32.9 Å². The number of allylic oxidation sites excluding steroid dienone is 1. The van der Waals surface area contributed by atoms with Crippen LogP contribution in [0.15, 0.2) is 23.8 Å². The molecule has 5 atom stereocenters. The normalized spacial score (nSPS) is 41.2. The summed E-state index contributed by atoms with van der Waals surface area (Å²) in [6.07, 6.45) is 4.85. The number of hydrogen-bond donors (Lipinski definition) is 1. The van der Waals surface area contributed by atoms with E-state index in [0.29, 0.717) is 6.42 Å². The Kier molecular flexibility index (Phi) is 5.77. The minimum atomic E-state index is -0.551. The average Bonchev–Trinajstić information content (AvgIpc) is 2.60. The molecule has 0 radical (unpaired) electrons. The first-order valence-corrected chi connectivity index (χ1v) is 10.4. The summed E-state index contributed by atoms with van der Waals surface area (Å²) in [6, 6.07) is 0. The van der Waals surface area contributed by atoms with Crippen molar-refractivity contribution in [3.8, 4) is 0 Å². The van der Waals surface area contributed by atoms with Crippen molar-refractivity contribution in [2.45, 2.75) is 78.4 Å². The molecule has 0 saturated heterocycles. The molecule has 1 N–H and O–H groups in total. The summed E-state index contributed by atoms with van der Waals surface area (Å²) in [4.78, 5) is 24.3. The third-order valence-electron chi connectivity index (χ3n) is 7.67. The minimum Gasteiger partial charge on any atom is -0.461 e. The SMILES string of the molecule is C=C1[C@H]2CC/C(C)=C/COC(=O)CC(=O)O[C@H]3CC[C@@]2(C)[C@H](C[C@@H]1O)C3(C)C. The van der Waals surface area contributed by atoms with Crippen LogP contribution in [0, 0.1) is 22.7 Å². The van der Waals surface area contributed by atoms with Crippen molar-refractivity contribution < 1.29 is 24.2 Å². The van der Waals surface area contributed by atoms with Crippen LogP contribution in [0.2, 0.25) is 0 Å². The van der Waals surface area contributed by atoms with Gasteiger partial charge in [0.25, 0.3) is 0 Å². The Bertz CT molecular complexity index is 691. The Balaban J connectivity index is 1.98. The highest BCUT2D eigenvalue weighted by molar-refractivity contribution is 5.91. The molecule has 28 heavy (non-hydrogen) atoms. The summed E-state index contributed by atoms with van der Waals surface area (Å²) >= 11 is 0. The zero-order chi connectivity index (χ0) is 20.7. The van der Waals surface area contributed by atoms with Gasteiger partial charge < -0.3 is 14.6 Å². The second-order valence-electron chi connectivity index (χ2n) is 9.72. The minimum absolute atomic E-state index is 0.00942. The van der Waals surface area contributed by atoms with Crippen LogP contribution in [-0.4, -0.2) is 35.9 Å². The quantitative estimate of drug-likeness (QED) is 0.385. The number of hydrogen-bond acceptors (Lipinski definition) is 5. The number of fused-ring (bicyclic) bond motifs is 9. The van der Waals surface area contributed by atoms with Crippen molar-refractivity contribution in [1.29, 1.82) is 0 Å². The highest BCUT2D eigenvalue weighted by Crippen LogP contribution is 2.62. The molecule has 2 aliphatic carbocycles. The van der Waals surface area contributed by atoms with Crippen molar-refractivity contribution in [2.24, 2.45) is 22.7 Å². The first kappa shape index (κ1) is 21.1. The van der Waals surface area contributed by atoms with E-state index in [0.717, 1.165) is 36.8 Å². The summed E-state index contributed by atoms with van der Waals surface area (Å²) in [5.74, 6) is -0.656.